The van der Waals surface area contributed by atoms with Gasteiger partial charge in [0.15, 0.2) is 0 Å². The Bertz CT molecular complexity index is 433. The summed E-state index contributed by atoms with van der Waals surface area (Å²) < 4.78 is 37.4. The Morgan fingerprint density at radius 3 is 2.56 bits per heavy atom. The summed E-state index contributed by atoms with van der Waals surface area (Å²) in [5.41, 5.74) is -0.222. The first-order chi connectivity index (χ1) is 8.22. The zero-order chi connectivity index (χ0) is 13.9. The van der Waals surface area contributed by atoms with Crippen molar-refractivity contribution in [1.82, 2.24) is 4.98 Å². The van der Waals surface area contributed by atoms with Crippen LogP contribution in [0.4, 0.5) is 18.9 Å². The van der Waals surface area contributed by atoms with Crippen molar-refractivity contribution in [3.63, 3.8) is 0 Å². The number of hydrogen-bond acceptors (Lipinski definition) is 3. The first kappa shape index (κ1) is 14.3. The van der Waals surface area contributed by atoms with Crippen LogP contribution in [0.5, 0.6) is 0 Å². The zero-order valence-electron chi connectivity index (χ0n) is 9.90. The number of nitrogens with zero attached hydrogens (tertiary/aromatic N) is 2. The number of aromatic carboxylic acids is 1. The molecule has 18 heavy (non-hydrogen) atoms. The lowest BCUT2D eigenvalue weighted by molar-refractivity contribution is -0.120. The number of carboxylic acids is 1. The average molecular weight is 262 g/mol. The Morgan fingerprint density at radius 2 is 2.11 bits per heavy atom. The third-order valence-electron chi connectivity index (χ3n) is 2.31. The molecule has 7 heteroatoms. The van der Waals surface area contributed by atoms with Crippen molar-refractivity contribution in [2.75, 3.05) is 11.4 Å². The summed E-state index contributed by atoms with van der Waals surface area (Å²) >= 11 is 0. The van der Waals surface area contributed by atoms with Gasteiger partial charge in [0.1, 0.15) is 6.54 Å². The molecule has 0 aromatic carbocycles. The zero-order valence-corrected chi connectivity index (χ0v) is 9.90. The van der Waals surface area contributed by atoms with Gasteiger partial charge in [0.25, 0.3) is 0 Å². The molecule has 100 valence electrons. The number of carbonyl (C=O) groups is 1. The molecule has 4 nitrogen and oxygen atoms in total. The summed E-state index contributed by atoms with van der Waals surface area (Å²) in [7, 11) is 0. The molecular formula is C11H13F3N2O2. The van der Waals surface area contributed by atoms with Crippen LogP contribution in [0.15, 0.2) is 18.5 Å². The van der Waals surface area contributed by atoms with Crippen molar-refractivity contribution in [2.24, 2.45) is 0 Å². The molecule has 0 fully saturated rings. The van der Waals surface area contributed by atoms with E-state index in [1.165, 1.54) is 12.3 Å². The molecule has 0 unspecified atom stereocenters. The van der Waals surface area contributed by atoms with Crippen LogP contribution in [-0.4, -0.2) is 34.8 Å². The lowest BCUT2D eigenvalue weighted by Gasteiger charge is -2.30. The van der Waals surface area contributed by atoms with Gasteiger partial charge in [-0.2, -0.15) is 13.2 Å². The molecule has 0 aliphatic carbocycles. The molecule has 0 atom stereocenters. The molecule has 1 rings (SSSR count). The lowest BCUT2D eigenvalue weighted by Crippen LogP contribution is -2.40. The fraction of sp³-hybridized carbons (Fsp3) is 0.455. The number of pyridine rings is 1. The Morgan fingerprint density at radius 1 is 1.50 bits per heavy atom. The van der Waals surface area contributed by atoms with Crippen LogP contribution in [0.1, 0.15) is 24.2 Å². The lowest BCUT2D eigenvalue weighted by atomic mass is 10.1. The van der Waals surface area contributed by atoms with E-state index in [4.69, 9.17) is 5.11 Å². The van der Waals surface area contributed by atoms with Gasteiger partial charge < -0.3 is 10.0 Å². The molecule has 0 radical (unpaired) electrons. The van der Waals surface area contributed by atoms with Gasteiger partial charge >= 0.3 is 12.1 Å². The van der Waals surface area contributed by atoms with Crippen molar-refractivity contribution in [3.05, 3.63) is 24.0 Å². The van der Waals surface area contributed by atoms with E-state index in [0.29, 0.717) is 0 Å². The standard InChI is InChI=1S/C11H13F3N2O2/c1-7(2)16(6-11(12,13)14)9-5-15-4-3-8(9)10(17)18/h3-5,7H,6H2,1-2H3,(H,17,18). The van der Waals surface area contributed by atoms with Crippen LogP contribution in [-0.2, 0) is 0 Å². The second-order valence-corrected chi connectivity index (χ2v) is 4.03. The Kier molecular flexibility index (Phi) is 4.15. The minimum absolute atomic E-state index is 0.0303. The van der Waals surface area contributed by atoms with Crippen molar-refractivity contribution >= 4 is 11.7 Å². The average Bonchev–Trinajstić information content (AvgIpc) is 2.24. The van der Waals surface area contributed by atoms with E-state index in [2.05, 4.69) is 4.98 Å². The molecule has 0 saturated heterocycles. The third kappa shape index (κ3) is 3.61. The van der Waals surface area contributed by atoms with Crippen LogP contribution in [0.2, 0.25) is 0 Å². The normalized spacial score (nSPS) is 11.7. The molecule has 1 aromatic rings. The molecule has 0 spiro atoms. The Balaban J connectivity index is 3.18. The van der Waals surface area contributed by atoms with E-state index in [1.54, 1.807) is 13.8 Å². The quantitative estimate of drug-likeness (QED) is 0.906. The number of hydrogen-bond donors (Lipinski definition) is 1. The van der Waals surface area contributed by atoms with Gasteiger partial charge in [0.05, 0.1) is 17.4 Å². The van der Waals surface area contributed by atoms with Crippen LogP contribution in [0.3, 0.4) is 0 Å². The van der Waals surface area contributed by atoms with Crippen molar-refractivity contribution in [1.29, 1.82) is 0 Å². The summed E-state index contributed by atoms with van der Waals surface area (Å²) in [6, 6.07) is 0.692. The number of rotatable bonds is 4. The SMILES string of the molecule is CC(C)N(CC(F)(F)F)c1cnccc1C(=O)O. The van der Waals surface area contributed by atoms with Crippen molar-refractivity contribution < 1.29 is 23.1 Å². The van der Waals surface area contributed by atoms with Crippen molar-refractivity contribution in [3.8, 4) is 0 Å². The highest BCUT2D eigenvalue weighted by atomic mass is 19.4. The molecule has 1 aromatic heterocycles. The van der Waals surface area contributed by atoms with Crippen LogP contribution >= 0.6 is 0 Å². The predicted molar refractivity (Wildman–Crippen MR) is 59.7 cm³/mol. The second kappa shape index (κ2) is 5.24. The summed E-state index contributed by atoms with van der Waals surface area (Å²) in [5, 5.41) is 8.96. The maximum Gasteiger partial charge on any atom is 0.405 e. The van der Waals surface area contributed by atoms with Gasteiger partial charge in [-0.1, -0.05) is 0 Å². The Labute approximate surface area is 102 Å². The molecule has 0 aliphatic heterocycles. The molecule has 0 saturated carbocycles. The molecule has 0 bridgehead atoms. The van der Waals surface area contributed by atoms with Gasteiger partial charge in [0.2, 0.25) is 0 Å². The minimum atomic E-state index is -4.41. The summed E-state index contributed by atoms with van der Waals surface area (Å²) in [6.07, 6.45) is -2.04. The van der Waals surface area contributed by atoms with Crippen LogP contribution in [0.25, 0.3) is 0 Å². The van der Waals surface area contributed by atoms with E-state index in [9.17, 15) is 18.0 Å². The Hall–Kier alpha value is -1.79. The van der Waals surface area contributed by atoms with Gasteiger partial charge in [-0.25, -0.2) is 4.79 Å². The summed E-state index contributed by atoms with van der Waals surface area (Å²) in [4.78, 5) is 15.6. The second-order valence-electron chi connectivity index (χ2n) is 4.03. The predicted octanol–water partition coefficient (Wildman–Crippen LogP) is 2.56. The fourth-order valence-electron chi connectivity index (χ4n) is 1.53. The smallest absolute Gasteiger partial charge is 0.405 e. The van der Waals surface area contributed by atoms with Gasteiger partial charge in [0, 0.05) is 12.2 Å². The highest BCUT2D eigenvalue weighted by Gasteiger charge is 2.33. The maximum absolute atomic E-state index is 12.5. The maximum atomic E-state index is 12.5. The molecule has 0 aliphatic rings. The number of carboxylic acid groups (broad SMARTS) is 1. The topological polar surface area (TPSA) is 53.4 Å². The molecule has 1 heterocycles. The molecule has 0 amide bonds. The monoisotopic (exact) mass is 262 g/mol. The van der Waals surface area contributed by atoms with E-state index < -0.39 is 24.7 Å². The van der Waals surface area contributed by atoms with Gasteiger partial charge in [-0.05, 0) is 19.9 Å². The van der Waals surface area contributed by atoms with E-state index in [-0.39, 0.29) is 11.3 Å². The highest BCUT2D eigenvalue weighted by molar-refractivity contribution is 5.94. The minimum Gasteiger partial charge on any atom is -0.478 e. The molecular weight excluding hydrogens is 249 g/mol. The number of anilines is 1. The summed E-state index contributed by atoms with van der Waals surface area (Å²) in [6.45, 7) is 1.91. The highest BCUT2D eigenvalue weighted by Crippen LogP contribution is 2.26. The van der Waals surface area contributed by atoms with E-state index >= 15 is 0 Å². The first-order valence-corrected chi connectivity index (χ1v) is 5.23. The largest absolute Gasteiger partial charge is 0.478 e. The fourth-order valence-corrected chi connectivity index (χ4v) is 1.53. The van der Waals surface area contributed by atoms with Gasteiger partial charge in [-0.15, -0.1) is 0 Å². The van der Waals surface area contributed by atoms with E-state index in [1.807, 2.05) is 0 Å². The first-order valence-electron chi connectivity index (χ1n) is 5.23. The number of alkyl halides is 3. The molecule has 1 N–H and O–H groups in total. The van der Waals surface area contributed by atoms with Crippen molar-refractivity contribution in [2.45, 2.75) is 26.1 Å². The van der Waals surface area contributed by atoms with Crippen LogP contribution in [0, 0.1) is 0 Å². The van der Waals surface area contributed by atoms with E-state index in [0.717, 1.165) is 11.1 Å². The number of halogens is 3. The van der Waals surface area contributed by atoms with Crippen LogP contribution < -0.4 is 4.90 Å². The summed E-state index contributed by atoms with van der Waals surface area (Å²) in [5.74, 6) is -1.28. The number of aromatic nitrogens is 1. The van der Waals surface area contributed by atoms with Gasteiger partial charge in [-0.3, -0.25) is 4.98 Å². The third-order valence-corrected chi connectivity index (χ3v) is 2.31.